The molecule has 2 unspecified atom stereocenters. The number of aryl methyl sites for hydroxylation is 1. The van der Waals surface area contributed by atoms with E-state index in [1.807, 2.05) is 77.1 Å². The molecule has 0 fully saturated rings. The van der Waals surface area contributed by atoms with E-state index < -0.39 is 11.4 Å². The summed E-state index contributed by atoms with van der Waals surface area (Å²) in [5.41, 5.74) is 3.78. The molecule has 1 aromatic heterocycles. The fraction of sp³-hybridized carbons (Fsp3) is 0.348. The highest BCUT2D eigenvalue weighted by Gasteiger charge is 2.29. The smallest absolute Gasteiger partial charge is 0.196 e. The lowest BCUT2D eigenvalue weighted by Gasteiger charge is -2.27. The molecule has 0 amide bonds. The second-order valence-electron chi connectivity index (χ2n) is 8.20. The van der Waals surface area contributed by atoms with Crippen LogP contribution in [-0.4, -0.2) is 9.30 Å². The van der Waals surface area contributed by atoms with E-state index in [-0.39, 0.29) is 16.2 Å². The minimum absolute atomic E-state index is 0.0332. The Kier molecular flexibility index (Phi) is 5.71. The van der Waals surface area contributed by atoms with Crippen molar-refractivity contribution in [3.05, 3.63) is 69.4 Å². The molecule has 0 radical (unpaired) electrons. The molecule has 0 saturated heterocycles. The zero-order valence-electron chi connectivity index (χ0n) is 17.3. The van der Waals surface area contributed by atoms with E-state index in [1.165, 1.54) is 0 Å². The third-order valence-corrected chi connectivity index (χ3v) is 6.41. The van der Waals surface area contributed by atoms with Gasteiger partial charge in [0.25, 0.3) is 0 Å². The summed E-state index contributed by atoms with van der Waals surface area (Å²) in [6.07, 6.45) is 0. The molecule has 0 spiro atoms. The van der Waals surface area contributed by atoms with Crippen LogP contribution in [0.1, 0.15) is 50.4 Å². The van der Waals surface area contributed by atoms with Gasteiger partial charge in [-0.05, 0) is 53.2 Å². The molecule has 4 nitrogen and oxygen atoms in total. The zero-order valence-corrected chi connectivity index (χ0v) is 18.1. The van der Waals surface area contributed by atoms with E-state index in [9.17, 15) is 9.35 Å². The van der Waals surface area contributed by atoms with E-state index in [0.29, 0.717) is 22.3 Å². The first-order valence-corrected chi connectivity index (χ1v) is 10.6. The Morgan fingerprint density at radius 2 is 1.75 bits per heavy atom. The van der Waals surface area contributed by atoms with Gasteiger partial charge < -0.3 is 8.97 Å². The van der Waals surface area contributed by atoms with Crippen molar-refractivity contribution in [1.29, 1.82) is 0 Å². The molecule has 0 saturated carbocycles. The van der Waals surface area contributed by atoms with Crippen LogP contribution in [0.5, 0.6) is 0 Å². The van der Waals surface area contributed by atoms with Crippen LogP contribution in [0.15, 0.2) is 51.7 Å². The van der Waals surface area contributed by atoms with Crippen molar-refractivity contribution < 1.29 is 8.97 Å². The molecule has 0 aliphatic carbocycles. The minimum atomic E-state index is -1.24. The number of nitrogens with one attached hydrogen (secondary N) is 1. The molecule has 2 aromatic carbocycles. The Morgan fingerprint density at radius 3 is 2.36 bits per heavy atom. The monoisotopic (exact) mass is 397 g/mol. The summed E-state index contributed by atoms with van der Waals surface area (Å²) in [6.45, 7) is 11.5. The van der Waals surface area contributed by atoms with Crippen LogP contribution in [-0.2, 0) is 11.4 Å². The van der Waals surface area contributed by atoms with Crippen LogP contribution >= 0.6 is 0 Å². The molecular formula is C23H27NO3S. The highest BCUT2D eigenvalue weighted by molar-refractivity contribution is 7.90. The molecule has 0 aliphatic rings. The van der Waals surface area contributed by atoms with Crippen LogP contribution in [0.3, 0.4) is 0 Å². The second-order valence-corrected chi connectivity index (χ2v) is 10.2. The van der Waals surface area contributed by atoms with Gasteiger partial charge in [0.05, 0.1) is 11.4 Å². The molecular weight excluding hydrogens is 370 g/mol. The Labute approximate surface area is 169 Å². The van der Waals surface area contributed by atoms with E-state index in [0.717, 1.165) is 16.7 Å². The van der Waals surface area contributed by atoms with Gasteiger partial charge >= 0.3 is 0 Å². The van der Waals surface area contributed by atoms with Gasteiger partial charge in [-0.1, -0.05) is 36.4 Å². The van der Waals surface area contributed by atoms with Gasteiger partial charge in [0.1, 0.15) is 16.1 Å². The first-order valence-electron chi connectivity index (χ1n) is 9.41. The highest BCUT2D eigenvalue weighted by Crippen LogP contribution is 2.31. The van der Waals surface area contributed by atoms with Crippen LogP contribution in [0.4, 0.5) is 0 Å². The lowest BCUT2D eigenvalue weighted by atomic mass is 9.99. The second kappa shape index (κ2) is 7.74. The largest absolute Gasteiger partial charge is 0.598 e. The Bertz CT molecular complexity index is 1050. The summed E-state index contributed by atoms with van der Waals surface area (Å²) in [4.78, 5) is 13.1. The summed E-state index contributed by atoms with van der Waals surface area (Å²) in [6, 6.07) is 13.3. The standard InChI is InChI=1S/C23H27NO3S/c1-14-12-18(16(3)24-28(26)23(4,5)6)22-19(13-14)20(25)15(2)21(27-22)17-10-8-7-9-11-17/h7-13,16,24H,1-6H3. The van der Waals surface area contributed by atoms with Gasteiger partial charge in [-0.25, -0.2) is 0 Å². The van der Waals surface area contributed by atoms with Crippen molar-refractivity contribution in [3.8, 4) is 11.3 Å². The van der Waals surface area contributed by atoms with Crippen LogP contribution in [0.25, 0.3) is 22.3 Å². The summed E-state index contributed by atoms with van der Waals surface area (Å²) < 4.78 is 21.7. The maximum absolute atomic E-state index is 13.1. The van der Waals surface area contributed by atoms with Gasteiger partial charge in [0.2, 0.25) is 0 Å². The van der Waals surface area contributed by atoms with E-state index in [1.54, 1.807) is 6.92 Å². The maximum Gasteiger partial charge on any atom is 0.196 e. The lowest BCUT2D eigenvalue weighted by molar-refractivity contribution is 0.529. The Hall–Kier alpha value is -2.08. The van der Waals surface area contributed by atoms with Crippen LogP contribution < -0.4 is 10.2 Å². The average Bonchev–Trinajstić information content (AvgIpc) is 2.64. The number of benzene rings is 2. The first-order chi connectivity index (χ1) is 13.1. The maximum atomic E-state index is 13.1. The van der Waals surface area contributed by atoms with Gasteiger partial charge in [-0.15, -0.1) is 4.72 Å². The Morgan fingerprint density at radius 1 is 1.11 bits per heavy atom. The number of hydrogen-bond donors (Lipinski definition) is 1. The molecule has 1 N–H and O–H groups in total. The van der Waals surface area contributed by atoms with E-state index >= 15 is 0 Å². The summed E-state index contributed by atoms with van der Waals surface area (Å²) in [5.74, 6) is 0.576. The molecule has 3 aromatic rings. The van der Waals surface area contributed by atoms with Crippen LogP contribution in [0.2, 0.25) is 0 Å². The fourth-order valence-corrected chi connectivity index (χ4v) is 3.96. The predicted octanol–water partition coefficient (Wildman–Crippen LogP) is 5.19. The van der Waals surface area contributed by atoms with Crippen molar-refractivity contribution in [2.75, 3.05) is 0 Å². The van der Waals surface area contributed by atoms with Gasteiger partial charge in [-0.3, -0.25) is 4.79 Å². The molecule has 28 heavy (non-hydrogen) atoms. The lowest BCUT2D eigenvalue weighted by Crippen LogP contribution is -2.40. The van der Waals surface area contributed by atoms with Crippen LogP contribution in [0, 0.1) is 13.8 Å². The molecule has 1 heterocycles. The fourth-order valence-electron chi connectivity index (χ4n) is 3.15. The summed E-state index contributed by atoms with van der Waals surface area (Å²) in [5, 5.41) is 0.558. The topological polar surface area (TPSA) is 65.3 Å². The molecule has 0 aliphatic heterocycles. The van der Waals surface area contributed by atoms with Crippen molar-refractivity contribution in [3.63, 3.8) is 0 Å². The van der Waals surface area contributed by atoms with Gasteiger partial charge in [-0.2, -0.15) is 0 Å². The summed E-state index contributed by atoms with van der Waals surface area (Å²) in [7, 11) is 0. The van der Waals surface area contributed by atoms with Crippen molar-refractivity contribution in [1.82, 2.24) is 4.72 Å². The summed E-state index contributed by atoms with van der Waals surface area (Å²) >= 11 is -1.24. The minimum Gasteiger partial charge on any atom is -0.598 e. The number of hydrogen-bond acceptors (Lipinski definition) is 4. The zero-order chi connectivity index (χ0) is 20.6. The number of fused-ring (bicyclic) bond motifs is 1. The van der Waals surface area contributed by atoms with E-state index in [2.05, 4.69) is 4.72 Å². The molecule has 5 heteroatoms. The predicted molar refractivity (Wildman–Crippen MR) is 117 cm³/mol. The first kappa shape index (κ1) is 20.6. The van der Waals surface area contributed by atoms with E-state index in [4.69, 9.17) is 4.42 Å². The third-order valence-electron chi connectivity index (χ3n) is 4.73. The molecule has 3 rings (SSSR count). The Balaban J connectivity index is 2.21. The molecule has 148 valence electrons. The van der Waals surface area contributed by atoms with Gasteiger partial charge in [0.15, 0.2) is 5.43 Å². The quantitative estimate of drug-likeness (QED) is 0.615. The van der Waals surface area contributed by atoms with Crippen molar-refractivity contribution in [2.45, 2.75) is 52.3 Å². The highest BCUT2D eigenvalue weighted by atomic mass is 32.2. The SMILES string of the molecule is Cc1cc(C(C)N[S+]([O-])C(C)(C)C)c2oc(-c3ccccc3)c(C)c(=O)c2c1. The van der Waals surface area contributed by atoms with Gasteiger partial charge in [0, 0.05) is 28.1 Å². The van der Waals surface area contributed by atoms with Crippen molar-refractivity contribution >= 4 is 22.3 Å². The average molecular weight is 398 g/mol. The number of rotatable bonds is 4. The van der Waals surface area contributed by atoms with Crippen molar-refractivity contribution in [2.24, 2.45) is 0 Å². The molecule has 2 atom stereocenters. The normalized spacial score (nSPS) is 14.2. The molecule has 0 bridgehead atoms. The third kappa shape index (κ3) is 4.02.